The fourth-order valence-electron chi connectivity index (χ4n) is 4.64. The molecule has 1 heterocycles. The van der Waals surface area contributed by atoms with Gasteiger partial charge in [0.05, 0.1) is 12.1 Å². The minimum Gasteiger partial charge on any atom is -0.376 e. The van der Waals surface area contributed by atoms with Crippen LogP contribution < -0.4 is 5.32 Å². The van der Waals surface area contributed by atoms with E-state index in [9.17, 15) is 18.0 Å². The Bertz CT molecular complexity index is 1030. The summed E-state index contributed by atoms with van der Waals surface area (Å²) in [7, 11) is 3.76. The molecule has 0 unspecified atom stereocenters. The molecular formula is C28H39F3N4O. The standard InChI is InChI=1S/C28H39F3N4O/c1-27(2,3)20-34-14-13-21-10-8-12-25(23(21)19-34)32-17-26(36)35(16-15-33(4)5)18-22-9-6-7-11-24(22)28(29,30)31/h6-12,32H,13-20H2,1-5H3. The lowest BCUT2D eigenvalue weighted by Crippen LogP contribution is -2.40. The van der Waals surface area contributed by atoms with Gasteiger partial charge in [0.25, 0.3) is 0 Å². The molecule has 0 saturated carbocycles. The molecule has 3 rings (SSSR count). The Kier molecular flexibility index (Phi) is 9.06. The fourth-order valence-corrected chi connectivity index (χ4v) is 4.64. The highest BCUT2D eigenvalue weighted by atomic mass is 19.4. The van der Waals surface area contributed by atoms with Gasteiger partial charge in [0.15, 0.2) is 0 Å². The third-order valence-electron chi connectivity index (χ3n) is 6.33. The minimum absolute atomic E-state index is 0.0251. The maximum absolute atomic E-state index is 13.6. The predicted octanol–water partition coefficient (Wildman–Crippen LogP) is 5.11. The van der Waals surface area contributed by atoms with Crippen LogP contribution in [0, 0.1) is 5.41 Å². The Hall–Kier alpha value is -2.58. The summed E-state index contributed by atoms with van der Waals surface area (Å²) in [5.41, 5.74) is 2.99. The summed E-state index contributed by atoms with van der Waals surface area (Å²) in [6.45, 7) is 10.3. The van der Waals surface area contributed by atoms with Crippen molar-refractivity contribution in [3.8, 4) is 0 Å². The van der Waals surface area contributed by atoms with Gasteiger partial charge in [-0.3, -0.25) is 9.69 Å². The molecule has 0 fully saturated rings. The van der Waals surface area contributed by atoms with Gasteiger partial charge in [-0.05, 0) is 54.8 Å². The second-order valence-corrected chi connectivity index (χ2v) is 11.1. The first kappa shape index (κ1) is 28.0. The van der Waals surface area contributed by atoms with Crippen molar-refractivity contribution < 1.29 is 18.0 Å². The van der Waals surface area contributed by atoms with Crippen molar-refractivity contribution in [1.82, 2.24) is 14.7 Å². The number of hydrogen-bond donors (Lipinski definition) is 1. The molecule has 2 aromatic rings. The molecule has 0 aliphatic carbocycles. The van der Waals surface area contributed by atoms with Crippen molar-refractivity contribution in [3.05, 3.63) is 64.7 Å². The number of fused-ring (bicyclic) bond motifs is 1. The second-order valence-electron chi connectivity index (χ2n) is 11.1. The van der Waals surface area contributed by atoms with E-state index in [1.54, 1.807) is 6.07 Å². The van der Waals surface area contributed by atoms with Crippen LogP contribution >= 0.6 is 0 Å². The average molecular weight is 505 g/mol. The highest BCUT2D eigenvalue weighted by molar-refractivity contribution is 5.81. The molecule has 0 aromatic heterocycles. The van der Waals surface area contributed by atoms with Gasteiger partial charge >= 0.3 is 6.18 Å². The lowest BCUT2D eigenvalue weighted by Gasteiger charge is -2.35. The molecule has 0 spiro atoms. The molecule has 1 aliphatic rings. The Balaban J connectivity index is 1.74. The van der Waals surface area contributed by atoms with Crippen LogP contribution in [0.3, 0.4) is 0 Å². The molecule has 2 aromatic carbocycles. The molecule has 5 nitrogen and oxygen atoms in total. The Labute approximate surface area is 213 Å². The van der Waals surface area contributed by atoms with Crippen molar-refractivity contribution in [2.45, 2.75) is 46.5 Å². The Morgan fingerprint density at radius 3 is 2.42 bits per heavy atom. The van der Waals surface area contributed by atoms with Crippen molar-refractivity contribution in [1.29, 1.82) is 0 Å². The van der Waals surface area contributed by atoms with Crippen molar-refractivity contribution in [2.75, 3.05) is 52.1 Å². The zero-order chi connectivity index (χ0) is 26.5. The number of hydrogen-bond acceptors (Lipinski definition) is 4. The number of carbonyl (C=O) groups excluding carboxylic acids is 1. The van der Waals surface area contributed by atoms with Gasteiger partial charge < -0.3 is 15.1 Å². The molecule has 36 heavy (non-hydrogen) atoms. The van der Waals surface area contributed by atoms with E-state index in [0.717, 1.165) is 37.8 Å². The first-order valence-electron chi connectivity index (χ1n) is 12.5. The Morgan fingerprint density at radius 1 is 1.03 bits per heavy atom. The van der Waals surface area contributed by atoms with E-state index in [4.69, 9.17) is 0 Å². The molecule has 0 atom stereocenters. The lowest BCUT2D eigenvalue weighted by molar-refractivity contribution is -0.139. The SMILES string of the molecule is CN(C)CCN(Cc1ccccc1C(F)(F)F)C(=O)CNc1cccc2c1CN(CC(C)(C)C)CC2. The highest BCUT2D eigenvalue weighted by Gasteiger charge is 2.33. The number of nitrogens with one attached hydrogen (secondary N) is 1. The van der Waals surface area contributed by atoms with E-state index in [0.29, 0.717) is 13.1 Å². The van der Waals surface area contributed by atoms with E-state index in [1.807, 2.05) is 31.1 Å². The number of likely N-dealkylation sites (N-methyl/N-ethyl adjacent to an activating group) is 1. The van der Waals surface area contributed by atoms with E-state index >= 15 is 0 Å². The molecule has 0 saturated heterocycles. The molecule has 198 valence electrons. The number of rotatable bonds is 9. The maximum Gasteiger partial charge on any atom is 0.416 e. The second kappa shape index (κ2) is 11.6. The number of carbonyl (C=O) groups is 1. The van der Waals surface area contributed by atoms with Crippen LogP contribution in [0.15, 0.2) is 42.5 Å². The average Bonchev–Trinajstić information content (AvgIpc) is 2.78. The van der Waals surface area contributed by atoms with E-state index in [-0.39, 0.29) is 30.0 Å². The summed E-state index contributed by atoms with van der Waals surface area (Å²) < 4.78 is 40.7. The molecule has 0 bridgehead atoms. The normalized spacial score (nSPS) is 14.6. The van der Waals surface area contributed by atoms with E-state index in [1.165, 1.54) is 28.2 Å². The lowest BCUT2D eigenvalue weighted by atomic mass is 9.92. The number of alkyl halides is 3. The number of anilines is 1. The molecule has 1 amide bonds. The van der Waals surface area contributed by atoms with Crippen LogP contribution in [0.2, 0.25) is 0 Å². The number of nitrogens with zero attached hydrogens (tertiary/aromatic N) is 3. The van der Waals surface area contributed by atoms with Gasteiger partial charge in [0, 0.05) is 45.0 Å². The molecular weight excluding hydrogens is 465 g/mol. The summed E-state index contributed by atoms with van der Waals surface area (Å²) in [6, 6.07) is 11.6. The monoisotopic (exact) mass is 504 g/mol. The molecule has 0 radical (unpaired) electrons. The Morgan fingerprint density at radius 2 is 1.75 bits per heavy atom. The van der Waals surface area contributed by atoms with Crippen LogP contribution in [0.1, 0.15) is 43.0 Å². The van der Waals surface area contributed by atoms with E-state index in [2.05, 4.69) is 37.1 Å². The molecule has 1 aliphatic heterocycles. The largest absolute Gasteiger partial charge is 0.416 e. The number of amides is 1. The third-order valence-corrected chi connectivity index (χ3v) is 6.33. The topological polar surface area (TPSA) is 38.8 Å². The van der Waals surface area contributed by atoms with Gasteiger partial charge in [-0.1, -0.05) is 51.1 Å². The quantitative estimate of drug-likeness (QED) is 0.515. The molecule has 8 heteroatoms. The van der Waals surface area contributed by atoms with Crippen LogP contribution in [-0.4, -0.2) is 67.4 Å². The fraction of sp³-hybridized carbons (Fsp3) is 0.536. The number of halogens is 3. The minimum atomic E-state index is -4.47. The first-order chi connectivity index (χ1) is 16.8. The first-order valence-corrected chi connectivity index (χ1v) is 12.5. The third kappa shape index (κ3) is 7.96. The van der Waals surface area contributed by atoms with Gasteiger partial charge in [-0.2, -0.15) is 13.2 Å². The highest BCUT2D eigenvalue weighted by Crippen LogP contribution is 2.32. The summed E-state index contributed by atoms with van der Waals surface area (Å²) in [5.74, 6) is -0.228. The summed E-state index contributed by atoms with van der Waals surface area (Å²) >= 11 is 0. The molecule has 1 N–H and O–H groups in total. The van der Waals surface area contributed by atoms with E-state index < -0.39 is 11.7 Å². The smallest absolute Gasteiger partial charge is 0.376 e. The van der Waals surface area contributed by atoms with Gasteiger partial charge in [0.2, 0.25) is 5.91 Å². The van der Waals surface area contributed by atoms with Gasteiger partial charge in [-0.25, -0.2) is 0 Å². The van der Waals surface area contributed by atoms with Crippen molar-refractivity contribution in [2.24, 2.45) is 5.41 Å². The zero-order valence-electron chi connectivity index (χ0n) is 22.1. The summed E-state index contributed by atoms with van der Waals surface area (Å²) in [5, 5.41) is 3.30. The van der Waals surface area contributed by atoms with Crippen molar-refractivity contribution >= 4 is 11.6 Å². The van der Waals surface area contributed by atoms with Crippen LogP contribution in [0.25, 0.3) is 0 Å². The van der Waals surface area contributed by atoms with Gasteiger partial charge in [0.1, 0.15) is 0 Å². The van der Waals surface area contributed by atoms with Crippen LogP contribution in [0.4, 0.5) is 18.9 Å². The van der Waals surface area contributed by atoms with Crippen LogP contribution in [-0.2, 0) is 30.5 Å². The summed E-state index contributed by atoms with van der Waals surface area (Å²) in [6.07, 6.45) is -3.51. The summed E-state index contributed by atoms with van der Waals surface area (Å²) in [4.78, 5) is 19.1. The van der Waals surface area contributed by atoms with Crippen molar-refractivity contribution in [3.63, 3.8) is 0 Å². The van der Waals surface area contributed by atoms with Crippen LogP contribution in [0.5, 0.6) is 0 Å². The van der Waals surface area contributed by atoms with Gasteiger partial charge in [-0.15, -0.1) is 0 Å². The maximum atomic E-state index is 13.6. The number of benzene rings is 2. The zero-order valence-corrected chi connectivity index (χ0v) is 22.1. The predicted molar refractivity (Wildman–Crippen MR) is 139 cm³/mol.